The predicted octanol–water partition coefficient (Wildman–Crippen LogP) is 3.06. The normalized spacial score (nSPS) is 17.5. The Morgan fingerprint density at radius 2 is 2.13 bits per heavy atom. The van der Waals surface area contributed by atoms with Crippen LogP contribution in [0.4, 0.5) is 0 Å². The number of hydrogen-bond donors (Lipinski definition) is 2. The molecule has 0 saturated heterocycles. The van der Waals surface area contributed by atoms with Crippen LogP contribution in [0.2, 0.25) is 5.02 Å². The van der Waals surface area contributed by atoms with E-state index in [0.29, 0.717) is 36.3 Å². The van der Waals surface area contributed by atoms with Crippen molar-refractivity contribution in [3.63, 3.8) is 0 Å². The molecule has 0 saturated carbocycles. The van der Waals surface area contributed by atoms with Crippen LogP contribution in [-0.4, -0.2) is 29.0 Å². The molecule has 0 bridgehead atoms. The average Bonchev–Trinajstić information content (AvgIpc) is 2.88. The van der Waals surface area contributed by atoms with Crippen molar-refractivity contribution in [1.82, 2.24) is 15.3 Å². The van der Waals surface area contributed by atoms with Crippen molar-refractivity contribution in [3.8, 4) is 0 Å². The smallest absolute Gasteiger partial charge is 0.271 e. The number of ether oxygens (including phenoxy) is 1. The summed E-state index contributed by atoms with van der Waals surface area (Å²) in [5, 5.41) is 3.66. The molecule has 3 rings (SSSR count). The Hall–Kier alpha value is -1.85. The summed E-state index contributed by atoms with van der Waals surface area (Å²) in [4.78, 5) is 19.9. The Morgan fingerprint density at radius 3 is 2.87 bits per heavy atom. The molecule has 1 aromatic carbocycles. The van der Waals surface area contributed by atoms with Crippen molar-refractivity contribution in [2.24, 2.45) is 0 Å². The third-order valence-electron chi connectivity index (χ3n) is 3.93. The molecule has 2 aromatic rings. The van der Waals surface area contributed by atoms with Gasteiger partial charge in [-0.3, -0.25) is 4.79 Å². The van der Waals surface area contributed by atoms with E-state index in [1.807, 2.05) is 24.3 Å². The van der Waals surface area contributed by atoms with Crippen LogP contribution in [-0.2, 0) is 17.8 Å². The molecule has 0 unspecified atom stereocenters. The van der Waals surface area contributed by atoms with Crippen molar-refractivity contribution in [1.29, 1.82) is 0 Å². The lowest BCUT2D eigenvalue weighted by atomic mass is 9.94. The second-order valence-electron chi connectivity index (χ2n) is 5.73. The van der Waals surface area contributed by atoms with E-state index in [4.69, 9.17) is 16.3 Å². The third-order valence-corrected chi connectivity index (χ3v) is 4.18. The Labute approximate surface area is 140 Å². The molecule has 0 aliphatic carbocycles. The molecule has 2 heterocycles. The first kappa shape index (κ1) is 16.0. The van der Waals surface area contributed by atoms with Crippen molar-refractivity contribution in [2.45, 2.75) is 32.3 Å². The zero-order valence-corrected chi connectivity index (χ0v) is 13.8. The van der Waals surface area contributed by atoms with Gasteiger partial charge in [0.2, 0.25) is 0 Å². The summed E-state index contributed by atoms with van der Waals surface area (Å²) < 4.78 is 5.50. The van der Waals surface area contributed by atoms with Gasteiger partial charge < -0.3 is 15.0 Å². The quantitative estimate of drug-likeness (QED) is 0.826. The van der Waals surface area contributed by atoms with Crippen LogP contribution in [0.5, 0.6) is 0 Å². The van der Waals surface area contributed by atoms with E-state index in [-0.39, 0.29) is 11.8 Å². The second-order valence-corrected chi connectivity index (χ2v) is 6.16. The molecule has 23 heavy (non-hydrogen) atoms. The van der Waals surface area contributed by atoms with Gasteiger partial charge in [0.1, 0.15) is 18.1 Å². The minimum absolute atomic E-state index is 0.130. The maximum Gasteiger partial charge on any atom is 0.271 e. The zero-order chi connectivity index (χ0) is 16.2. The van der Waals surface area contributed by atoms with E-state index in [1.54, 1.807) is 0 Å². The lowest BCUT2D eigenvalue weighted by Gasteiger charge is -2.14. The summed E-state index contributed by atoms with van der Waals surface area (Å²) in [5.74, 6) is 0.770. The van der Waals surface area contributed by atoms with Gasteiger partial charge in [0.15, 0.2) is 0 Å². The monoisotopic (exact) mass is 333 g/mol. The fourth-order valence-electron chi connectivity index (χ4n) is 2.77. The van der Waals surface area contributed by atoms with Crippen molar-refractivity contribution in [3.05, 3.63) is 52.1 Å². The van der Waals surface area contributed by atoms with Gasteiger partial charge in [-0.15, -0.1) is 0 Å². The van der Waals surface area contributed by atoms with E-state index in [1.165, 1.54) is 0 Å². The lowest BCUT2D eigenvalue weighted by Crippen LogP contribution is -2.26. The molecule has 0 radical (unpaired) electrons. The van der Waals surface area contributed by atoms with Gasteiger partial charge in [0, 0.05) is 29.8 Å². The number of nitrogens with one attached hydrogen (secondary N) is 2. The summed E-state index contributed by atoms with van der Waals surface area (Å²) in [6.07, 6.45) is 1.69. The molecule has 5 nitrogen and oxygen atoms in total. The highest BCUT2D eigenvalue weighted by molar-refractivity contribution is 6.30. The van der Waals surface area contributed by atoms with Crippen LogP contribution >= 0.6 is 11.6 Å². The summed E-state index contributed by atoms with van der Waals surface area (Å²) in [5.41, 5.74) is 2.51. The number of hydrogen-bond acceptors (Lipinski definition) is 3. The molecule has 6 heteroatoms. The number of H-pyrrole nitrogens is 1. The lowest BCUT2D eigenvalue weighted by molar-refractivity contribution is 0.0948. The number of fused-ring (bicyclic) bond motifs is 1. The third kappa shape index (κ3) is 3.74. The van der Waals surface area contributed by atoms with Gasteiger partial charge in [0.05, 0.1) is 0 Å². The number of carbonyl (C=O) groups excluding carboxylic acids is 1. The first-order valence-corrected chi connectivity index (χ1v) is 8.24. The predicted molar refractivity (Wildman–Crippen MR) is 88.8 cm³/mol. The second kappa shape index (κ2) is 7.15. The van der Waals surface area contributed by atoms with E-state index < -0.39 is 0 Å². The van der Waals surface area contributed by atoms with Gasteiger partial charge in [-0.1, -0.05) is 30.7 Å². The number of aromatic nitrogens is 2. The first-order chi connectivity index (χ1) is 11.2. The highest BCUT2D eigenvalue weighted by Crippen LogP contribution is 2.25. The van der Waals surface area contributed by atoms with Crippen LogP contribution in [0.1, 0.15) is 46.8 Å². The van der Waals surface area contributed by atoms with Gasteiger partial charge in [-0.25, -0.2) is 4.98 Å². The van der Waals surface area contributed by atoms with Crippen LogP contribution in [0, 0.1) is 0 Å². The molecule has 2 N–H and O–H groups in total. The molecular weight excluding hydrogens is 314 g/mol. The standard InChI is InChI=1S/C17H20ClN3O2/c1-2-7-23-10-15-20-14-8-12(9-19-17(22)16(14)21-15)11-3-5-13(18)6-4-11/h3-6,12H,2,7-10H2,1H3,(H,19,22)(H,20,21)/t12-/m1/s1. The molecule has 122 valence electrons. The summed E-state index contributed by atoms with van der Waals surface area (Å²) in [7, 11) is 0. The van der Waals surface area contributed by atoms with Crippen molar-refractivity contribution >= 4 is 17.5 Å². The zero-order valence-electron chi connectivity index (χ0n) is 13.1. The van der Waals surface area contributed by atoms with Crippen LogP contribution in [0.15, 0.2) is 24.3 Å². The van der Waals surface area contributed by atoms with Gasteiger partial charge >= 0.3 is 0 Å². The number of rotatable bonds is 5. The molecular formula is C17H20ClN3O2. The highest BCUT2D eigenvalue weighted by Gasteiger charge is 2.26. The maximum atomic E-state index is 12.2. The molecule has 1 aliphatic rings. The van der Waals surface area contributed by atoms with E-state index in [0.717, 1.165) is 24.1 Å². The van der Waals surface area contributed by atoms with Crippen LogP contribution < -0.4 is 5.32 Å². The molecule has 0 spiro atoms. The highest BCUT2D eigenvalue weighted by atomic mass is 35.5. The summed E-state index contributed by atoms with van der Waals surface area (Å²) in [6, 6.07) is 7.76. The van der Waals surface area contributed by atoms with Crippen molar-refractivity contribution in [2.75, 3.05) is 13.2 Å². The van der Waals surface area contributed by atoms with Gasteiger partial charge in [0.25, 0.3) is 5.91 Å². The molecule has 1 aromatic heterocycles. The summed E-state index contributed by atoms with van der Waals surface area (Å²) >= 11 is 5.95. The largest absolute Gasteiger partial charge is 0.374 e. The topological polar surface area (TPSA) is 67.0 Å². The number of aromatic amines is 1. The van der Waals surface area contributed by atoms with Crippen LogP contribution in [0.25, 0.3) is 0 Å². The van der Waals surface area contributed by atoms with Crippen molar-refractivity contribution < 1.29 is 9.53 Å². The fourth-order valence-corrected chi connectivity index (χ4v) is 2.90. The van der Waals surface area contributed by atoms with Gasteiger partial charge in [-0.05, 0) is 30.5 Å². The number of benzene rings is 1. The van der Waals surface area contributed by atoms with E-state index in [2.05, 4.69) is 22.2 Å². The van der Waals surface area contributed by atoms with Gasteiger partial charge in [-0.2, -0.15) is 0 Å². The number of amides is 1. The van der Waals surface area contributed by atoms with E-state index >= 15 is 0 Å². The number of imidazole rings is 1. The minimum atomic E-state index is -0.130. The minimum Gasteiger partial charge on any atom is -0.374 e. The Morgan fingerprint density at radius 1 is 1.35 bits per heavy atom. The van der Waals surface area contributed by atoms with Crippen LogP contribution in [0.3, 0.4) is 0 Å². The first-order valence-electron chi connectivity index (χ1n) is 7.86. The number of halogens is 1. The molecule has 1 atom stereocenters. The fraction of sp³-hybridized carbons (Fsp3) is 0.412. The average molecular weight is 334 g/mol. The molecule has 1 amide bonds. The number of carbonyl (C=O) groups is 1. The van der Waals surface area contributed by atoms with E-state index in [9.17, 15) is 4.79 Å². The summed E-state index contributed by atoms with van der Waals surface area (Å²) in [6.45, 7) is 3.73. The molecule has 0 fully saturated rings. The Balaban J connectivity index is 1.80. The SMILES string of the molecule is CCCOCc1nc2c([nH]1)C[C@@H](c1ccc(Cl)cc1)CNC2=O. The Bertz CT molecular complexity index is 682. The molecule has 1 aliphatic heterocycles. The number of nitrogens with zero attached hydrogens (tertiary/aromatic N) is 1. The maximum absolute atomic E-state index is 12.2. The Kier molecular flexibility index (Phi) is 4.98.